The number of benzene rings is 1. The van der Waals surface area contributed by atoms with Crippen LogP contribution in [0, 0.1) is 6.92 Å². The first-order chi connectivity index (χ1) is 8.60. The van der Waals surface area contributed by atoms with E-state index >= 15 is 0 Å². The van der Waals surface area contributed by atoms with Gasteiger partial charge in [0.1, 0.15) is 5.82 Å². The molecule has 0 spiro atoms. The van der Waals surface area contributed by atoms with E-state index in [1.807, 2.05) is 37.3 Å². The minimum Gasteiger partial charge on any atom is -0.394 e. The Labute approximate surface area is 114 Å². The third-order valence-electron chi connectivity index (χ3n) is 2.54. The van der Waals surface area contributed by atoms with Crippen molar-refractivity contribution in [2.75, 3.05) is 6.61 Å². The Balaban J connectivity index is 2.44. The fourth-order valence-electron chi connectivity index (χ4n) is 1.61. The van der Waals surface area contributed by atoms with E-state index in [9.17, 15) is 0 Å². The van der Waals surface area contributed by atoms with Gasteiger partial charge in [-0.05, 0) is 25.1 Å². The first kappa shape index (κ1) is 13.1. The Hall–Kier alpha value is -1.30. The molecule has 2 aromatic rings. The second-order valence-electron chi connectivity index (χ2n) is 4.05. The molecule has 0 aliphatic carbocycles. The topological polar surface area (TPSA) is 72.0 Å². The van der Waals surface area contributed by atoms with Crippen molar-refractivity contribution in [1.29, 1.82) is 0 Å². The van der Waals surface area contributed by atoms with E-state index in [4.69, 9.17) is 10.8 Å². The van der Waals surface area contributed by atoms with Gasteiger partial charge in [-0.3, -0.25) is 0 Å². The Morgan fingerprint density at radius 3 is 2.56 bits per heavy atom. The highest BCUT2D eigenvalue weighted by molar-refractivity contribution is 9.10. The second-order valence-corrected chi connectivity index (χ2v) is 4.96. The van der Waals surface area contributed by atoms with E-state index in [0.717, 1.165) is 21.4 Å². The number of aliphatic hydroxyl groups excluding tert-OH is 1. The minimum atomic E-state index is -0.543. The summed E-state index contributed by atoms with van der Waals surface area (Å²) in [5.41, 5.74) is 8.40. The van der Waals surface area contributed by atoms with Crippen LogP contribution in [-0.4, -0.2) is 21.7 Å². The number of aliphatic hydroxyl groups is 1. The summed E-state index contributed by atoms with van der Waals surface area (Å²) in [6.07, 6.45) is 0. The van der Waals surface area contributed by atoms with Gasteiger partial charge in [0.15, 0.2) is 0 Å². The molecular formula is C13H14BrN3O. The zero-order valence-corrected chi connectivity index (χ0v) is 11.6. The lowest BCUT2D eigenvalue weighted by Gasteiger charge is -2.10. The van der Waals surface area contributed by atoms with Crippen molar-refractivity contribution in [3.05, 3.63) is 46.3 Å². The van der Waals surface area contributed by atoms with Crippen LogP contribution < -0.4 is 5.73 Å². The predicted molar refractivity (Wildman–Crippen MR) is 73.9 cm³/mol. The molecule has 0 amide bonds. The maximum Gasteiger partial charge on any atom is 0.148 e. The number of nitrogens with zero attached hydrogens (tertiary/aromatic N) is 2. The average Bonchev–Trinajstić information content (AvgIpc) is 2.38. The van der Waals surface area contributed by atoms with Crippen LogP contribution in [0.25, 0.3) is 11.3 Å². The number of rotatable bonds is 3. The van der Waals surface area contributed by atoms with Gasteiger partial charge in [-0.1, -0.05) is 28.1 Å². The quantitative estimate of drug-likeness (QED) is 0.912. The maximum absolute atomic E-state index is 9.07. The molecule has 0 aliphatic rings. The lowest BCUT2D eigenvalue weighted by Crippen LogP contribution is -2.18. The first-order valence-electron chi connectivity index (χ1n) is 5.58. The second kappa shape index (κ2) is 5.56. The minimum absolute atomic E-state index is 0.163. The summed E-state index contributed by atoms with van der Waals surface area (Å²) in [5, 5.41) is 9.07. The molecule has 5 heteroatoms. The normalized spacial score (nSPS) is 12.4. The van der Waals surface area contributed by atoms with Crippen molar-refractivity contribution in [2.24, 2.45) is 5.73 Å². The van der Waals surface area contributed by atoms with E-state index in [-0.39, 0.29) is 6.61 Å². The zero-order valence-electron chi connectivity index (χ0n) is 9.97. The Morgan fingerprint density at radius 1 is 1.28 bits per heavy atom. The molecule has 0 fully saturated rings. The molecule has 3 N–H and O–H groups in total. The molecule has 18 heavy (non-hydrogen) atoms. The first-order valence-corrected chi connectivity index (χ1v) is 6.37. The number of aromatic nitrogens is 2. The molecule has 1 unspecified atom stereocenters. The summed E-state index contributed by atoms with van der Waals surface area (Å²) < 4.78 is 1.02. The van der Waals surface area contributed by atoms with Crippen molar-refractivity contribution < 1.29 is 5.11 Å². The van der Waals surface area contributed by atoms with Gasteiger partial charge in [0.25, 0.3) is 0 Å². The molecule has 1 aromatic heterocycles. The van der Waals surface area contributed by atoms with Crippen molar-refractivity contribution in [3.63, 3.8) is 0 Å². The van der Waals surface area contributed by atoms with Gasteiger partial charge >= 0.3 is 0 Å². The predicted octanol–water partition coefficient (Wildman–Crippen LogP) is 2.21. The van der Waals surface area contributed by atoms with Crippen LogP contribution in [0.3, 0.4) is 0 Å². The molecule has 0 saturated heterocycles. The summed E-state index contributed by atoms with van der Waals surface area (Å²) in [7, 11) is 0. The van der Waals surface area contributed by atoms with E-state index < -0.39 is 6.04 Å². The van der Waals surface area contributed by atoms with Crippen LogP contribution in [-0.2, 0) is 0 Å². The number of hydrogen-bond donors (Lipinski definition) is 2. The molecule has 1 heterocycles. The maximum atomic E-state index is 9.07. The van der Waals surface area contributed by atoms with Crippen LogP contribution >= 0.6 is 15.9 Å². The third kappa shape index (κ3) is 2.93. The van der Waals surface area contributed by atoms with Crippen LogP contribution in [0.2, 0.25) is 0 Å². The largest absolute Gasteiger partial charge is 0.394 e. The monoisotopic (exact) mass is 307 g/mol. The van der Waals surface area contributed by atoms with Crippen molar-refractivity contribution >= 4 is 15.9 Å². The SMILES string of the molecule is Cc1cc(-c2ccc(Br)cc2)nc(C(N)CO)n1. The Bertz CT molecular complexity index is 542. The molecule has 1 atom stereocenters. The van der Waals surface area contributed by atoms with E-state index in [0.29, 0.717) is 5.82 Å². The molecular weight excluding hydrogens is 294 g/mol. The molecule has 0 saturated carbocycles. The average molecular weight is 308 g/mol. The standard InChI is InChI=1S/C13H14BrN3O/c1-8-6-12(9-2-4-10(14)5-3-9)17-13(16-8)11(15)7-18/h2-6,11,18H,7,15H2,1H3. The summed E-state index contributed by atoms with van der Waals surface area (Å²) in [6, 6.07) is 9.22. The van der Waals surface area contributed by atoms with Gasteiger partial charge in [-0.2, -0.15) is 0 Å². The van der Waals surface area contributed by atoms with Crippen molar-refractivity contribution in [1.82, 2.24) is 9.97 Å². The van der Waals surface area contributed by atoms with Gasteiger partial charge in [-0.25, -0.2) is 9.97 Å². The number of hydrogen-bond acceptors (Lipinski definition) is 4. The lowest BCUT2D eigenvalue weighted by atomic mass is 10.1. The highest BCUT2D eigenvalue weighted by atomic mass is 79.9. The highest BCUT2D eigenvalue weighted by Gasteiger charge is 2.11. The van der Waals surface area contributed by atoms with E-state index in [2.05, 4.69) is 25.9 Å². The van der Waals surface area contributed by atoms with Crippen LogP contribution in [0.1, 0.15) is 17.6 Å². The third-order valence-corrected chi connectivity index (χ3v) is 3.07. The molecule has 2 rings (SSSR count). The van der Waals surface area contributed by atoms with E-state index in [1.165, 1.54) is 0 Å². The lowest BCUT2D eigenvalue weighted by molar-refractivity contribution is 0.263. The smallest absolute Gasteiger partial charge is 0.148 e. The van der Waals surface area contributed by atoms with Gasteiger partial charge in [0.2, 0.25) is 0 Å². The summed E-state index contributed by atoms with van der Waals surface area (Å²) >= 11 is 3.40. The Morgan fingerprint density at radius 2 is 1.94 bits per heavy atom. The summed E-state index contributed by atoms with van der Waals surface area (Å²) in [6.45, 7) is 1.72. The number of aryl methyl sites for hydroxylation is 1. The molecule has 1 aromatic carbocycles. The van der Waals surface area contributed by atoms with Gasteiger partial charge < -0.3 is 10.8 Å². The summed E-state index contributed by atoms with van der Waals surface area (Å²) in [5.74, 6) is 0.468. The highest BCUT2D eigenvalue weighted by Crippen LogP contribution is 2.21. The van der Waals surface area contributed by atoms with Crippen LogP contribution in [0.4, 0.5) is 0 Å². The van der Waals surface area contributed by atoms with Crippen molar-refractivity contribution in [2.45, 2.75) is 13.0 Å². The molecule has 0 bridgehead atoms. The fourth-order valence-corrected chi connectivity index (χ4v) is 1.87. The van der Waals surface area contributed by atoms with Crippen LogP contribution in [0.5, 0.6) is 0 Å². The van der Waals surface area contributed by atoms with E-state index in [1.54, 1.807) is 0 Å². The van der Waals surface area contributed by atoms with Crippen LogP contribution in [0.15, 0.2) is 34.8 Å². The molecule has 0 aliphatic heterocycles. The summed E-state index contributed by atoms with van der Waals surface area (Å²) in [4.78, 5) is 8.64. The number of nitrogens with two attached hydrogens (primary N) is 1. The molecule has 4 nitrogen and oxygen atoms in total. The molecule has 94 valence electrons. The fraction of sp³-hybridized carbons (Fsp3) is 0.231. The Kier molecular flexibility index (Phi) is 4.06. The van der Waals surface area contributed by atoms with Gasteiger partial charge in [0.05, 0.1) is 18.3 Å². The molecule has 0 radical (unpaired) electrons. The zero-order chi connectivity index (χ0) is 13.1. The van der Waals surface area contributed by atoms with Crippen molar-refractivity contribution in [3.8, 4) is 11.3 Å². The van der Waals surface area contributed by atoms with Gasteiger partial charge in [0, 0.05) is 15.7 Å². The number of halogens is 1. The van der Waals surface area contributed by atoms with Gasteiger partial charge in [-0.15, -0.1) is 0 Å².